The van der Waals surface area contributed by atoms with Gasteiger partial charge in [-0.25, -0.2) is 9.97 Å². The highest BCUT2D eigenvalue weighted by Gasteiger charge is 2.01. The number of benzene rings is 1. The zero-order valence-corrected chi connectivity index (χ0v) is 9.83. The Morgan fingerprint density at radius 2 is 1.94 bits per heavy atom. The molecule has 2 aromatic rings. The summed E-state index contributed by atoms with van der Waals surface area (Å²) < 4.78 is 0. The predicted molar refractivity (Wildman–Crippen MR) is 65.8 cm³/mol. The van der Waals surface area contributed by atoms with E-state index in [1.165, 1.54) is 0 Å². The average molecular weight is 254 g/mol. The highest BCUT2D eigenvalue weighted by molar-refractivity contribution is 6.31. The second-order valence-electron chi connectivity index (χ2n) is 3.18. The van der Waals surface area contributed by atoms with E-state index in [0.717, 1.165) is 5.56 Å². The molecule has 0 aliphatic heterocycles. The van der Waals surface area contributed by atoms with Gasteiger partial charge in [0.2, 0.25) is 0 Å². The smallest absolute Gasteiger partial charge is 0.171 e. The molecule has 0 spiro atoms. The van der Waals surface area contributed by atoms with Crippen LogP contribution in [0, 0.1) is 0 Å². The van der Waals surface area contributed by atoms with Crippen LogP contribution in [-0.2, 0) is 6.54 Å². The summed E-state index contributed by atoms with van der Waals surface area (Å²) in [5.74, 6) is 0.573. The van der Waals surface area contributed by atoms with Gasteiger partial charge in [0.15, 0.2) is 11.0 Å². The van der Waals surface area contributed by atoms with Gasteiger partial charge in [-0.05, 0) is 17.7 Å². The first-order chi connectivity index (χ1) is 7.75. The Hall–Kier alpha value is -1.32. The molecule has 82 valence electrons. The third-order valence-electron chi connectivity index (χ3n) is 2.00. The number of rotatable bonds is 3. The van der Waals surface area contributed by atoms with Crippen LogP contribution < -0.4 is 5.32 Å². The van der Waals surface area contributed by atoms with Crippen molar-refractivity contribution in [1.82, 2.24) is 9.97 Å². The lowest BCUT2D eigenvalue weighted by Gasteiger charge is -2.06. The van der Waals surface area contributed by atoms with Crippen LogP contribution >= 0.6 is 23.2 Å². The van der Waals surface area contributed by atoms with Crippen LogP contribution in [0.2, 0.25) is 10.2 Å². The van der Waals surface area contributed by atoms with E-state index in [1.54, 1.807) is 12.4 Å². The zero-order chi connectivity index (χ0) is 11.4. The Morgan fingerprint density at radius 1 is 1.12 bits per heavy atom. The van der Waals surface area contributed by atoms with Crippen molar-refractivity contribution in [3.8, 4) is 0 Å². The van der Waals surface area contributed by atoms with E-state index in [0.29, 0.717) is 22.5 Å². The van der Waals surface area contributed by atoms with Crippen molar-refractivity contribution in [2.24, 2.45) is 0 Å². The maximum atomic E-state index is 5.88. The normalized spacial score (nSPS) is 10.1. The van der Waals surface area contributed by atoms with Crippen molar-refractivity contribution in [3.05, 3.63) is 52.4 Å². The SMILES string of the molecule is Clc1cccc(CNc2nccnc2Cl)c1. The molecule has 2 rings (SSSR count). The first kappa shape index (κ1) is 11.2. The third-order valence-corrected chi connectivity index (χ3v) is 2.51. The van der Waals surface area contributed by atoms with Crippen LogP contribution in [0.15, 0.2) is 36.7 Å². The Balaban J connectivity index is 2.05. The molecule has 0 atom stereocenters. The van der Waals surface area contributed by atoms with E-state index in [2.05, 4.69) is 15.3 Å². The molecule has 3 nitrogen and oxygen atoms in total. The van der Waals surface area contributed by atoms with Gasteiger partial charge in [-0.1, -0.05) is 35.3 Å². The van der Waals surface area contributed by atoms with Crippen LogP contribution in [0.3, 0.4) is 0 Å². The van der Waals surface area contributed by atoms with Gasteiger partial charge in [-0.3, -0.25) is 0 Å². The fourth-order valence-corrected chi connectivity index (χ4v) is 1.66. The van der Waals surface area contributed by atoms with Crippen molar-refractivity contribution in [2.75, 3.05) is 5.32 Å². The fourth-order valence-electron chi connectivity index (χ4n) is 1.27. The molecule has 0 fully saturated rings. The quantitative estimate of drug-likeness (QED) is 0.912. The molecule has 0 aliphatic carbocycles. The second-order valence-corrected chi connectivity index (χ2v) is 3.97. The number of nitrogens with zero attached hydrogens (tertiary/aromatic N) is 2. The standard InChI is InChI=1S/C11H9Cl2N3/c12-9-3-1-2-8(6-9)7-16-11-10(13)14-4-5-15-11/h1-6H,7H2,(H,15,16). The topological polar surface area (TPSA) is 37.8 Å². The van der Waals surface area contributed by atoms with Gasteiger partial charge in [0.1, 0.15) is 0 Å². The molecule has 0 unspecified atom stereocenters. The van der Waals surface area contributed by atoms with E-state index in [9.17, 15) is 0 Å². The van der Waals surface area contributed by atoms with Crippen LogP contribution in [-0.4, -0.2) is 9.97 Å². The van der Waals surface area contributed by atoms with Crippen molar-refractivity contribution < 1.29 is 0 Å². The van der Waals surface area contributed by atoms with Crippen LogP contribution in [0.1, 0.15) is 5.56 Å². The highest BCUT2D eigenvalue weighted by atomic mass is 35.5. The first-order valence-electron chi connectivity index (χ1n) is 4.70. The maximum absolute atomic E-state index is 5.88. The first-order valence-corrected chi connectivity index (χ1v) is 5.46. The van der Waals surface area contributed by atoms with E-state index in [-0.39, 0.29) is 0 Å². The Bertz CT molecular complexity index is 488. The summed E-state index contributed by atoms with van der Waals surface area (Å²) >= 11 is 11.7. The van der Waals surface area contributed by atoms with Crippen molar-refractivity contribution in [2.45, 2.75) is 6.54 Å². The summed E-state index contributed by atoms with van der Waals surface area (Å²) in [7, 11) is 0. The molecule has 5 heteroatoms. The number of nitrogens with one attached hydrogen (secondary N) is 1. The number of hydrogen-bond acceptors (Lipinski definition) is 3. The monoisotopic (exact) mass is 253 g/mol. The Labute approximate surface area is 103 Å². The summed E-state index contributed by atoms with van der Waals surface area (Å²) in [6.45, 7) is 0.610. The summed E-state index contributed by atoms with van der Waals surface area (Å²) in [6, 6.07) is 7.60. The van der Waals surface area contributed by atoms with Gasteiger partial charge in [-0.15, -0.1) is 0 Å². The van der Waals surface area contributed by atoms with E-state index >= 15 is 0 Å². The van der Waals surface area contributed by atoms with Gasteiger partial charge < -0.3 is 5.32 Å². The highest BCUT2D eigenvalue weighted by Crippen LogP contribution is 2.16. The molecule has 0 amide bonds. The molecule has 0 saturated heterocycles. The zero-order valence-electron chi connectivity index (χ0n) is 8.32. The van der Waals surface area contributed by atoms with Gasteiger partial charge >= 0.3 is 0 Å². The third kappa shape index (κ3) is 2.84. The van der Waals surface area contributed by atoms with Gasteiger partial charge in [-0.2, -0.15) is 0 Å². The molecule has 1 heterocycles. The van der Waals surface area contributed by atoms with Gasteiger partial charge in [0, 0.05) is 24.0 Å². The fraction of sp³-hybridized carbons (Fsp3) is 0.0909. The summed E-state index contributed by atoms with van der Waals surface area (Å²) in [5, 5.41) is 4.17. The minimum Gasteiger partial charge on any atom is -0.363 e. The van der Waals surface area contributed by atoms with Crippen molar-refractivity contribution in [3.63, 3.8) is 0 Å². The molecule has 1 N–H and O–H groups in total. The minimum atomic E-state index is 0.365. The van der Waals surface area contributed by atoms with Crippen LogP contribution in [0.25, 0.3) is 0 Å². The molecule has 0 radical (unpaired) electrons. The summed E-state index contributed by atoms with van der Waals surface area (Å²) in [4.78, 5) is 8.00. The predicted octanol–water partition coefficient (Wildman–Crippen LogP) is 3.40. The van der Waals surface area contributed by atoms with Crippen LogP contribution in [0.5, 0.6) is 0 Å². The molecule has 1 aromatic heterocycles. The Kier molecular flexibility index (Phi) is 3.59. The molecule has 0 saturated carbocycles. The lowest BCUT2D eigenvalue weighted by atomic mass is 10.2. The maximum Gasteiger partial charge on any atom is 0.171 e. The largest absolute Gasteiger partial charge is 0.363 e. The second kappa shape index (κ2) is 5.14. The number of hydrogen-bond donors (Lipinski definition) is 1. The molecule has 1 aromatic carbocycles. The van der Waals surface area contributed by atoms with E-state index in [4.69, 9.17) is 23.2 Å². The van der Waals surface area contributed by atoms with E-state index < -0.39 is 0 Å². The molecule has 0 aliphatic rings. The lowest BCUT2D eigenvalue weighted by Crippen LogP contribution is -2.02. The minimum absolute atomic E-state index is 0.365. The van der Waals surface area contributed by atoms with Crippen molar-refractivity contribution >= 4 is 29.0 Å². The molecule has 16 heavy (non-hydrogen) atoms. The van der Waals surface area contributed by atoms with Gasteiger partial charge in [0.25, 0.3) is 0 Å². The molecular weight excluding hydrogens is 245 g/mol. The molecule has 0 bridgehead atoms. The number of halogens is 2. The van der Waals surface area contributed by atoms with Gasteiger partial charge in [0.05, 0.1) is 0 Å². The van der Waals surface area contributed by atoms with Crippen molar-refractivity contribution in [1.29, 1.82) is 0 Å². The summed E-state index contributed by atoms with van der Waals surface area (Å²) in [5.41, 5.74) is 1.06. The number of anilines is 1. The molecular formula is C11H9Cl2N3. The average Bonchev–Trinajstić information content (AvgIpc) is 2.28. The summed E-state index contributed by atoms with van der Waals surface area (Å²) in [6.07, 6.45) is 3.14. The van der Waals surface area contributed by atoms with E-state index in [1.807, 2.05) is 24.3 Å². The lowest BCUT2D eigenvalue weighted by molar-refractivity contribution is 1.09. The van der Waals surface area contributed by atoms with Crippen LogP contribution in [0.4, 0.5) is 5.82 Å². The Morgan fingerprint density at radius 3 is 2.69 bits per heavy atom. The number of aromatic nitrogens is 2.